The average Bonchev–Trinajstić information content (AvgIpc) is 3.09. The van der Waals surface area contributed by atoms with Crippen LogP contribution in [0.15, 0.2) is 23.0 Å². The zero-order chi connectivity index (χ0) is 13.9. The fraction of sp³-hybridized carbons (Fsp3) is 0.467. The number of fused-ring (bicyclic) bond motifs is 3. The molecule has 1 heterocycles. The highest BCUT2D eigenvalue weighted by Crippen LogP contribution is 2.50. The van der Waals surface area contributed by atoms with Gasteiger partial charge in [0.2, 0.25) is 0 Å². The van der Waals surface area contributed by atoms with Crippen LogP contribution in [0.4, 0.5) is 0 Å². The smallest absolute Gasteiger partial charge is 0.335 e. The van der Waals surface area contributed by atoms with Crippen LogP contribution in [0.3, 0.4) is 0 Å². The minimum atomic E-state index is -0.958. The summed E-state index contributed by atoms with van der Waals surface area (Å²) in [7, 11) is 0. The Balaban J connectivity index is 1.89. The number of carboxylic acids is 1. The van der Waals surface area contributed by atoms with Crippen molar-refractivity contribution in [1.29, 1.82) is 0 Å². The summed E-state index contributed by atoms with van der Waals surface area (Å²) in [6.45, 7) is 0. The molecule has 0 aliphatic heterocycles. The van der Waals surface area contributed by atoms with E-state index in [0.717, 1.165) is 23.4 Å². The predicted molar refractivity (Wildman–Crippen MR) is 74.0 cm³/mol. The van der Waals surface area contributed by atoms with Crippen LogP contribution in [0.25, 0.3) is 11.0 Å². The van der Waals surface area contributed by atoms with Crippen molar-refractivity contribution < 1.29 is 9.90 Å². The molecule has 20 heavy (non-hydrogen) atoms. The molecule has 2 aliphatic carbocycles. The molecule has 2 fully saturated rings. The third-order valence-electron chi connectivity index (χ3n) is 5.00. The molecule has 5 nitrogen and oxygen atoms in total. The average molecular weight is 272 g/mol. The Morgan fingerprint density at radius 3 is 2.80 bits per heavy atom. The molecule has 104 valence electrons. The Morgan fingerprint density at radius 1 is 1.30 bits per heavy atom. The summed E-state index contributed by atoms with van der Waals surface area (Å²) in [5, 5.41) is 9.11. The number of carboxylic acid groups (broad SMARTS) is 1. The van der Waals surface area contributed by atoms with Gasteiger partial charge in [-0.1, -0.05) is 6.42 Å². The molecule has 3 atom stereocenters. The Hall–Kier alpha value is -2.04. The molecule has 2 aliphatic rings. The third-order valence-corrected chi connectivity index (χ3v) is 5.00. The summed E-state index contributed by atoms with van der Waals surface area (Å²) in [5.41, 5.74) is 1.57. The summed E-state index contributed by atoms with van der Waals surface area (Å²) in [6.07, 6.45) is 4.73. The van der Waals surface area contributed by atoms with Gasteiger partial charge in [0.1, 0.15) is 0 Å². The van der Waals surface area contributed by atoms with Crippen LogP contribution in [-0.2, 0) is 0 Å². The molecule has 5 heteroatoms. The summed E-state index contributed by atoms with van der Waals surface area (Å²) >= 11 is 0. The van der Waals surface area contributed by atoms with Gasteiger partial charge in [0, 0.05) is 6.04 Å². The SMILES string of the molecule is O=C(O)c1ccc2[nH]c(=O)n(C3CC4CCC3C4)c2c1. The van der Waals surface area contributed by atoms with Crippen molar-refractivity contribution in [3.63, 3.8) is 0 Å². The van der Waals surface area contributed by atoms with E-state index in [9.17, 15) is 9.59 Å². The number of benzene rings is 1. The van der Waals surface area contributed by atoms with E-state index in [1.54, 1.807) is 16.7 Å². The zero-order valence-corrected chi connectivity index (χ0v) is 11.0. The highest BCUT2D eigenvalue weighted by Gasteiger charge is 2.41. The number of aromatic nitrogens is 2. The molecular formula is C15H16N2O3. The van der Waals surface area contributed by atoms with Crippen LogP contribution >= 0.6 is 0 Å². The van der Waals surface area contributed by atoms with E-state index in [4.69, 9.17) is 5.11 Å². The number of carbonyl (C=O) groups is 1. The lowest BCUT2D eigenvalue weighted by atomic mass is 9.95. The van der Waals surface area contributed by atoms with E-state index < -0.39 is 5.97 Å². The molecule has 0 radical (unpaired) electrons. The minimum absolute atomic E-state index is 0.111. The van der Waals surface area contributed by atoms with Crippen molar-refractivity contribution in [2.24, 2.45) is 11.8 Å². The Labute approximate surface area is 115 Å². The number of nitrogens with zero attached hydrogens (tertiary/aromatic N) is 1. The maximum atomic E-state index is 12.2. The maximum Gasteiger partial charge on any atom is 0.335 e. The first-order valence-corrected chi connectivity index (χ1v) is 7.11. The summed E-state index contributed by atoms with van der Waals surface area (Å²) < 4.78 is 1.80. The molecule has 0 saturated heterocycles. The summed E-state index contributed by atoms with van der Waals surface area (Å²) in [6, 6.07) is 5.07. The lowest BCUT2D eigenvalue weighted by molar-refractivity contribution is 0.0697. The van der Waals surface area contributed by atoms with Gasteiger partial charge in [-0.15, -0.1) is 0 Å². The molecule has 2 N–H and O–H groups in total. The number of rotatable bonds is 2. The van der Waals surface area contributed by atoms with Gasteiger partial charge in [-0.25, -0.2) is 9.59 Å². The second-order valence-electron chi connectivity index (χ2n) is 6.08. The molecule has 1 aromatic carbocycles. The summed E-state index contributed by atoms with van der Waals surface area (Å²) in [4.78, 5) is 26.2. The van der Waals surface area contributed by atoms with Crippen LogP contribution in [0, 0.1) is 11.8 Å². The van der Waals surface area contributed by atoms with E-state index in [1.165, 1.54) is 25.3 Å². The molecule has 0 spiro atoms. The van der Waals surface area contributed by atoms with Crippen molar-refractivity contribution in [3.8, 4) is 0 Å². The van der Waals surface area contributed by atoms with Gasteiger partial charge in [-0.3, -0.25) is 4.57 Å². The van der Waals surface area contributed by atoms with Gasteiger partial charge in [-0.2, -0.15) is 0 Å². The minimum Gasteiger partial charge on any atom is -0.478 e. The van der Waals surface area contributed by atoms with Crippen molar-refractivity contribution >= 4 is 17.0 Å². The number of H-pyrrole nitrogens is 1. The van der Waals surface area contributed by atoms with Gasteiger partial charge in [-0.05, 0) is 49.3 Å². The lowest BCUT2D eigenvalue weighted by Gasteiger charge is -2.23. The fourth-order valence-electron chi connectivity index (χ4n) is 4.11. The third kappa shape index (κ3) is 1.55. The van der Waals surface area contributed by atoms with E-state index in [2.05, 4.69) is 4.98 Å². The Morgan fingerprint density at radius 2 is 2.15 bits per heavy atom. The molecule has 3 unspecified atom stereocenters. The van der Waals surface area contributed by atoms with E-state index in [0.29, 0.717) is 5.92 Å². The Bertz CT molecular complexity index is 758. The first-order chi connectivity index (χ1) is 9.63. The van der Waals surface area contributed by atoms with E-state index in [1.807, 2.05) is 0 Å². The van der Waals surface area contributed by atoms with Gasteiger partial charge in [0.15, 0.2) is 0 Å². The zero-order valence-electron chi connectivity index (χ0n) is 11.0. The van der Waals surface area contributed by atoms with Crippen molar-refractivity contribution in [2.45, 2.75) is 31.7 Å². The van der Waals surface area contributed by atoms with Crippen LogP contribution in [0.1, 0.15) is 42.1 Å². The first kappa shape index (κ1) is 11.8. The second kappa shape index (κ2) is 3.98. The van der Waals surface area contributed by atoms with Gasteiger partial charge >= 0.3 is 11.7 Å². The number of aromatic carboxylic acids is 1. The molecule has 4 rings (SSSR count). The number of hydrogen-bond donors (Lipinski definition) is 2. The Kier molecular flexibility index (Phi) is 2.34. The fourth-order valence-corrected chi connectivity index (χ4v) is 4.11. The number of aromatic amines is 1. The van der Waals surface area contributed by atoms with Crippen LogP contribution in [0.5, 0.6) is 0 Å². The standard InChI is InChI=1S/C15H16N2O3/c18-14(19)10-3-4-11-13(7-10)17(15(20)16-11)12-6-8-1-2-9(12)5-8/h3-4,7-9,12H,1-2,5-6H2,(H,16,20)(H,18,19). The van der Waals surface area contributed by atoms with Gasteiger partial charge in [0.05, 0.1) is 16.6 Å². The quantitative estimate of drug-likeness (QED) is 0.881. The highest BCUT2D eigenvalue weighted by molar-refractivity contribution is 5.92. The normalized spacial score (nSPS) is 28.3. The summed E-state index contributed by atoms with van der Waals surface area (Å²) in [5.74, 6) is 0.356. The topological polar surface area (TPSA) is 75.1 Å². The van der Waals surface area contributed by atoms with E-state index >= 15 is 0 Å². The van der Waals surface area contributed by atoms with E-state index in [-0.39, 0.29) is 17.3 Å². The molecule has 1 aromatic heterocycles. The molecular weight excluding hydrogens is 256 g/mol. The van der Waals surface area contributed by atoms with Gasteiger partial charge < -0.3 is 10.1 Å². The molecule has 2 saturated carbocycles. The number of hydrogen-bond acceptors (Lipinski definition) is 2. The molecule has 2 aromatic rings. The molecule has 2 bridgehead atoms. The largest absolute Gasteiger partial charge is 0.478 e. The first-order valence-electron chi connectivity index (χ1n) is 7.11. The lowest BCUT2D eigenvalue weighted by Crippen LogP contribution is -2.26. The number of nitrogens with one attached hydrogen (secondary N) is 1. The van der Waals surface area contributed by atoms with Crippen LogP contribution < -0.4 is 5.69 Å². The maximum absolute atomic E-state index is 12.2. The molecule has 0 amide bonds. The van der Waals surface area contributed by atoms with Crippen molar-refractivity contribution in [2.75, 3.05) is 0 Å². The predicted octanol–water partition coefficient (Wildman–Crippen LogP) is 2.39. The monoisotopic (exact) mass is 272 g/mol. The van der Waals surface area contributed by atoms with Gasteiger partial charge in [0.25, 0.3) is 0 Å². The second-order valence-corrected chi connectivity index (χ2v) is 6.08. The van der Waals surface area contributed by atoms with Crippen LogP contribution in [-0.4, -0.2) is 20.6 Å². The van der Waals surface area contributed by atoms with Crippen molar-refractivity contribution in [1.82, 2.24) is 9.55 Å². The highest BCUT2D eigenvalue weighted by atomic mass is 16.4. The van der Waals surface area contributed by atoms with Crippen LogP contribution in [0.2, 0.25) is 0 Å². The van der Waals surface area contributed by atoms with Crippen molar-refractivity contribution in [3.05, 3.63) is 34.2 Å². The number of imidazole rings is 1.